The molecule has 6 heteroatoms. The van der Waals surface area contributed by atoms with Gasteiger partial charge >= 0.3 is 0 Å². The van der Waals surface area contributed by atoms with E-state index in [1.165, 1.54) is 18.3 Å². The van der Waals surface area contributed by atoms with Gasteiger partial charge in [0.1, 0.15) is 16.6 Å². The van der Waals surface area contributed by atoms with Gasteiger partial charge in [0.25, 0.3) is 0 Å². The molecule has 1 aromatic carbocycles. The molecule has 1 aromatic heterocycles. The van der Waals surface area contributed by atoms with Crippen LogP contribution in [0, 0.1) is 12.7 Å². The second-order valence-corrected chi connectivity index (χ2v) is 4.69. The predicted molar refractivity (Wildman–Crippen MR) is 77.0 cm³/mol. The molecule has 0 fully saturated rings. The van der Waals surface area contributed by atoms with Crippen molar-refractivity contribution in [3.05, 3.63) is 40.8 Å². The van der Waals surface area contributed by atoms with Gasteiger partial charge < -0.3 is 10.1 Å². The average molecular weight is 296 g/mol. The maximum Gasteiger partial charge on any atom is 0.243 e. The van der Waals surface area contributed by atoms with Crippen LogP contribution in [0.2, 0.25) is 5.02 Å². The van der Waals surface area contributed by atoms with Crippen molar-refractivity contribution in [2.75, 3.05) is 11.9 Å². The van der Waals surface area contributed by atoms with Crippen LogP contribution in [-0.4, -0.2) is 16.5 Å². The van der Waals surface area contributed by atoms with Crippen LogP contribution in [0.15, 0.2) is 24.4 Å². The molecule has 0 aliphatic rings. The molecule has 106 valence electrons. The number of aromatic nitrogens is 2. The fraction of sp³-hybridized carbons (Fsp3) is 0.286. The van der Waals surface area contributed by atoms with Gasteiger partial charge in [0, 0.05) is 12.6 Å². The molecule has 4 nitrogen and oxygen atoms in total. The number of hydrogen-bond donors (Lipinski definition) is 1. The lowest BCUT2D eigenvalue weighted by atomic mass is 10.2. The molecule has 0 spiro atoms. The number of ether oxygens (including phenoxy) is 1. The van der Waals surface area contributed by atoms with Crippen LogP contribution in [-0.2, 0) is 0 Å². The first-order valence-corrected chi connectivity index (χ1v) is 6.68. The molecule has 2 rings (SSSR count). The molecule has 0 bridgehead atoms. The number of benzene rings is 1. The molecule has 0 saturated carbocycles. The minimum Gasteiger partial charge on any atom is -0.437 e. The van der Waals surface area contributed by atoms with E-state index in [0.717, 1.165) is 18.5 Å². The molecule has 0 atom stereocenters. The van der Waals surface area contributed by atoms with Gasteiger partial charge in [-0.25, -0.2) is 9.37 Å². The molecule has 1 heterocycles. The summed E-state index contributed by atoms with van der Waals surface area (Å²) in [5.74, 6) is 0.640. The average Bonchev–Trinajstić information content (AvgIpc) is 2.43. The third-order valence-electron chi connectivity index (χ3n) is 2.60. The minimum atomic E-state index is -0.375. The molecule has 0 amide bonds. The van der Waals surface area contributed by atoms with Crippen LogP contribution < -0.4 is 10.1 Å². The Morgan fingerprint density at radius 1 is 1.40 bits per heavy atom. The van der Waals surface area contributed by atoms with Gasteiger partial charge in [-0.05, 0) is 25.0 Å². The number of halogens is 2. The van der Waals surface area contributed by atoms with Crippen LogP contribution in [0.25, 0.3) is 0 Å². The van der Waals surface area contributed by atoms with E-state index in [4.69, 9.17) is 16.3 Å². The Kier molecular flexibility index (Phi) is 4.74. The van der Waals surface area contributed by atoms with Crippen molar-refractivity contribution in [2.24, 2.45) is 0 Å². The summed E-state index contributed by atoms with van der Waals surface area (Å²) >= 11 is 6.00. The second-order valence-electron chi connectivity index (χ2n) is 4.29. The normalized spacial score (nSPS) is 10.4. The fourth-order valence-corrected chi connectivity index (χ4v) is 1.66. The van der Waals surface area contributed by atoms with Crippen molar-refractivity contribution in [3.63, 3.8) is 0 Å². The van der Waals surface area contributed by atoms with Gasteiger partial charge in [-0.15, -0.1) is 0 Å². The highest BCUT2D eigenvalue weighted by molar-refractivity contribution is 6.31. The number of nitrogens with zero attached hydrogens (tertiary/aromatic N) is 2. The van der Waals surface area contributed by atoms with E-state index in [1.54, 1.807) is 6.07 Å². The Morgan fingerprint density at radius 3 is 2.95 bits per heavy atom. The zero-order valence-electron chi connectivity index (χ0n) is 11.3. The highest BCUT2D eigenvalue weighted by Gasteiger charge is 2.10. The van der Waals surface area contributed by atoms with Crippen LogP contribution in [0.3, 0.4) is 0 Å². The van der Waals surface area contributed by atoms with Crippen molar-refractivity contribution in [2.45, 2.75) is 20.3 Å². The third kappa shape index (κ3) is 3.57. The SMILES string of the molecule is CCCNc1ncc(Cl)c(Oc2cc(F)ccc2C)n1. The quantitative estimate of drug-likeness (QED) is 0.898. The zero-order chi connectivity index (χ0) is 14.5. The Morgan fingerprint density at radius 2 is 2.20 bits per heavy atom. The summed E-state index contributed by atoms with van der Waals surface area (Å²) in [5, 5.41) is 3.31. The predicted octanol–water partition coefficient (Wildman–Crippen LogP) is 4.19. The van der Waals surface area contributed by atoms with Crippen molar-refractivity contribution in [3.8, 4) is 11.6 Å². The first-order chi connectivity index (χ1) is 9.60. The lowest BCUT2D eigenvalue weighted by Gasteiger charge is -2.10. The Labute approximate surface area is 122 Å². The maximum atomic E-state index is 13.2. The molecule has 0 aliphatic heterocycles. The van der Waals surface area contributed by atoms with Crippen molar-refractivity contribution >= 4 is 17.5 Å². The van der Waals surface area contributed by atoms with Crippen LogP contribution >= 0.6 is 11.6 Å². The summed E-state index contributed by atoms with van der Waals surface area (Å²) < 4.78 is 18.8. The van der Waals surface area contributed by atoms with Crippen molar-refractivity contribution < 1.29 is 9.13 Å². The first-order valence-electron chi connectivity index (χ1n) is 6.30. The summed E-state index contributed by atoms with van der Waals surface area (Å²) in [6, 6.07) is 4.31. The molecule has 1 N–H and O–H groups in total. The fourth-order valence-electron chi connectivity index (χ4n) is 1.53. The molecule has 20 heavy (non-hydrogen) atoms. The van der Waals surface area contributed by atoms with E-state index in [2.05, 4.69) is 15.3 Å². The lowest BCUT2D eigenvalue weighted by molar-refractivity contribution is 0.454. The topological polar surface area (TPSA) is 47.0 Å². The first kappa shape index (κ1) is 14.5. The maximum absolute atomic E-state index is 13.2. The minimum absolute atomic E-state index is 0.203. The largest absolute Gasteiger partial charge is 0.437 e. The molecular formula is C14H15ClFN3O. The Hall–Kier alpha value is -1.88. The van der Waals surface area contributed by atoms with Gasteiger partial charge in [-0.2, -0.15) is 4.98 Å². The molecular weight excluding hydrogens is 281 g/mol. The van der Waals surface area contributed by atoms with E-state index in [-0.39, 0.29) is 16.7 Å². The lowest BCUT2D eigenvalue weighted by Crippen LogP contribution is -2.05. The standard InChI is InChI=1S/C14H15ClFN3O/c1-3-6-17-14-18-8-11(15)13(19-14)20-12-7-10(16)5-4-9(12)2/h4-5,7-8H,3,6H2,1-2H3,(H,17,18,19). The highest BCUT2D eigenvalue weighted by atomic mass is 35.5. The van der Waals surface area contributed by atoms with Gasteiger partial charge in [0.05, 0.1) is 6.20 Å². The van der Waals surface area contributed by atoms with Crippen LogP contribution in [0.1, 0.15) is 18.9 Å². The monoisotopic (exact) mass is 295 g/mol. The molecule has 0 radical (unpaired) electrons. The Bertz CT molecular complexity index is 607. The van der Waals surface area contributed by atoms with Crippen LogP contribution in [0.4, 0.5) is 10.3 Å². The van der Waals surface area contributed by atoms with E-state index in [1.807, 2.05) is 13.8 Å². The van der Waals surface area contributed by atoms with Crippen LogP contribution in [0.5, 0.6) is 11.6 Å². The van der Waals surface area contributed by atoms with Gasteiger partial charge in [-0.1, -0.05) is 24.6 Å². The van der Waals surface area contributed by atoms with Gasteiger partial charge in [-0.3, -0.25) is 0 Å². The number of anilines is 1. The number of rotatable bonds is 5. The number of nitrogens with one attached hydrogen (secondary N) is 1. The van der Waals surface area contributed by atoms with E-state index in [9.17, 15) is 4.39 Å². The molecule has 0 unspecified atom stereocenters. The van der Waals surface area contributed by atoms with Gasteiger partial charge in [0.2, 0.25) is 11.8 Å². The van der Waals surface area contributed by atoms with E-state index < -0.39 is 0 Å². The number of aryl methyl sites for hydroxylation is 1. The second kappa shape index (κ2) is 6.52. The van der Waals surface area contributed by atoms with E-state index >= 15 is 0 Å². The number of hydrogen-bond acceptors (Lipinski definition) is 4. The zero-order valence-corrected chi connectivity index (χ0v) is 12.0. The summed E-state index contributed by atoms with van der Waals surface area (Å²) in [4.78, 5) is 8.23. The van der Waals surface area contributed by atoms with E-state index in [0.29, 0.717) is 11.7 Å². The summed E-state index contributed by atoms with van der Waals surface area (Å²) in [7, 11) is 0. The van der Waals surface area contributed by atoms with Crippen molar-refractivity contribution in [1.29, 1.82) is 0 Å². The Balaban J connectivity index is 2.25. The van der Waals surface area contributed by atoms with Gasteiger partial charge in [0.15, 0.2) is 0 Å². The third-order valence-corrected chi connectivity index (χ3v) is 2.86. The molecule has 2 aromatic rings. The summed E-state index contributed by atoms with van der Waals surface area (Å²) in [6.07, 6.45) is 2.40. The molecule has 0 aliphatic carbocycles. The summed E-state index contributed by atoms with van der Waals surface area (Å²) in [5.41, 5.74) is 0.796. The summed E-state index contributed by atoms with van der Waals surface area (Å²) in [6.45, 7) is 4.61. The smallest absolute Gasteiger partial charge is 0.243 e. The molecule has 0 saturated heterocycles. The highest BCUT2D eigenvalue weighted by Crippen LogP contribution is 2.29. The van der Waals surface area contributed by atoms with Crippen molar-refractivity contribution in [1.82, 2.24) is 9.97 Å².